The van der Waals surface area contributed by atoms with Crippen LogP contribution in [-0.2, 0) is 11.3 Å². The highest BCUT2D eigenvalue weighted by Crippen LogP contribution is 2.34. The standard InChI is InChI=1S/C20H25N3O3/c1-14-6-9-26-19(14)20(24)23-8-5-18(25-2)16-12-22(13-17(16)23)11-15-4-3-7-21-10-15/h3-4,6-7,9-10,16-18H,5,8,11-13H2,1-2H3/t16-,17+,18+/m0/s1. The van der Waals surface area contributed by atoms with E-state index in [1.54, 1.807) is 19.6 Å². The molecule has 2 fully saturated rings. The summed E-state index contributed by atoms with van der Waals surface area (Å²) in [5.74, 6) is 0.787. The minimum absolute atomic E-state index is 0.000260. The first-order chi connectivity index (χ1) is 12.7. The van der Waals surface area contributed by atoms with Crippen molar-refractivity contribution in [1.82, 2.24) is 14.8 Å². The molecule has 2 aliphatic heterocycles. The van der Waals surface area contributed by atoms with Crippen LogP contribution in [0.5, 0.6) is 0 Å². The molecule has 26 heavy (non-hydrogen) atoms. The van der Waals surface area contributed by atoms with E-state index < -0.39 is 0 Å². The summed E-state index contributed by atoms with van der Waals surface area (Å²) >= 11 is 0. The van der Waals surface area contributed by atoms with Gasteiger partial charge in [0.15, 0.2) is 5.76 Å². The number of fused-ring (bicyclic) bond motifs is 1. The first-order valence-corrected chi connectivity index (χ1v) is 9.16. The van der Waals surface area contributed by atoms with Crippen molar-refractivity contribution in [3.05, 3.63) is 53.7 Å². The number of nitrogens with zero attached hydrogens (tertiary/aromatic N) is 3. The minimum Gasteiger partial charge on any atom is -0.459 e. The third-order valence-electron chi connectivity index (χ3n) is 5.69. The van der Waals surface area contributed by atoms with E-state index in [4.69, 9.17) is 9.15 Å². The van der Waals surface area contributed by atoms with E-state index in [1.807, 2.05) is 30.2 Å². The zero-order valence-corrected chi connectivity index (χ0v) is 15.3. The van der Waals surface area contributed by atoms with E-state index in [-0.39, 0.29) is 18.1 Å². The number of rotatable bonds is 4. The van der Waals surface area contributed by atoms with E-state index in [0.717, 1.165) is 31.6 Å². The maximum Gasteiger partial charge on any atom is 0.290 e. The quantitative estimate of drug-likeness (QED) is 0.843. The van der Waals surface area contributed by atoms with Crippen LogP contribution in [-0.4, -0.2) is 59.6 Å². The molecule has 2 saturated heterocycles. The summed E-state index contributed by atoms with van der Waals surface area (Å²) in [4.78, 5) is 21.7. The number of aryl methyl sites for hydroxylation is 1. The second-order valence-corrected chi connectivity index (χ2v) is 7.28. The van der Waals surface area contributed by atoms with Gasteiger partial charge in [0.05, 0.1) is 18.4 Å². The summed E-state index contributed by atoms with van der Waals surface area (Å²) in [6, 6.07) is 6.06. The topological polar surface area (TPSA) is 58.8 Å². The molecule has 2 aromatic rings. The summed E-state index contributed by atoms with van der Waals surface area (Å²) in [5, 5.41) is 0. The van der Waals surface area contributed by atoms with Gasteiger partial charge in [-0.05, 0) is 31.0 Å². The molecule has 0 spiro atoms. The molecule has 1 amide bonds. The maximum absolute atomic E-state index is 13.0. The van der Waals surface area contributed by atoms with Crippen LogP contribution in [0, 0.1) is 12.8 Å². The molecular weight excluding hydrogens is 330 g/mol. The van der Waals surface area contributed by atoms with Crippen LogP contribution in [0.15, 0.2) is 41.3 Å². The SMILES string of the molecule is CO[C@@H]1CCN(C(=O)c2occc2C)[C@@H]2CN(Cc3cccnc3)C[C@@H]21. The maximum atomic E-state index is 13.0. The first-order valence-electron chi connectivity index (χ1n) is 9.16. The molecule has 0 radical (unpaired) electrons. The molecule has 0 aromatic carbocycles. The van der Waals surface area contributed by atoms with E-state index in [2.05, 4.69) is 16.0 Å². The van der Waals surface area contributed by atoms with Crippen molar-refractivity contribution in [3.8, 4) is 0 Å². The van der Waals surface area contributed by atoms with Crippen LogP contribution in [0.25, 0.3) is 0 Å². The number of furan rings is 1. The Balaban J connectivity index is 1.54. The molecule has 0 aliphatic carbocycles. The molecule has 4 heterocycles. The number of carbonyl (C=O) groups excluding carboxylic acids is 1. The number of amides is 1. The van der Waals surface area contributed by atoms with Gasteiger partial charge in [0, 0.05) is 57.2 Å². The number of likely N-dealkylation sites (tertiary alicyclic amines) is 2. The van der Waals surface area contributed by atoms with Gasteiger partial charge in [-0.15, -0.1) is 0 Å². The van der Waals surface area contributed by atoms with Crippen molar-refractivity contribution in [2.75, 3.05) is 26.7 Å². The molecule has 2 aliphatic rings. The molecule has 3 atom stereocenters. The summed E-state index contributed by atoms with van der Waals surface area (Å²) in [6.45, 7) is 5.25. The molecule has 0 bridgehead atoms. The van der Waals surface area contributed by atoms with Gasteiger partial charge in [0.2, 0.25) is 0 Å². The fraction of sp³-hybridized carbons (Fsp3) is 0.500. The molecule has 4 rings (SSSR count). The number of aromatic nitrogens is 1. The van der Waals surface area contributed by atoms with Gasteiger partial charge in [-0.3, -0.25) is 14.7 Å². The Hall–Kier alpha value is -2.18. The predicted octanol–water partition coefficient (Wildman–Crippen LogP) is 2.34. The highest BCUT2D eigenvalue weighted by atomic mass is 16.5. The largest absolute Gasteiger partial charge is 0.459 e. The second kappa shape index (κ2) is 7.21. The summed E-state index contributed by atoms with van der Waals surface area (Å²) < 4.78 is 11.2. The van der Waals surface area contributed by atoms with E-state index in [1.165, 1.54) is 5.56 Å². The van der Waals surface area contributed by atoms with Gasteiger partial charge in [-0.2, -0.15) is 0 Å². The average Bonchev–Trinajstić information content (AvgIpc) is 3.27. The van der Waals surface area contributed by atoms with Crippen LogP contribution >= 0.6 is 0 Å². The highest BCUT2D eigenvalue weighted by Gasteiger charge is 2.46. The lowest BCUT2D eigenvalue weighted by atomic mass is 9.88. The Bertz CT molecular complexity index is 761. The summed E-state index contributed by atoms with van der Waals surface area (Å²) in [6.07, 6.45) is 6.35. The number of carbonyl (C=O) groups is 1. The lowest BCUT2D eigenvalue weighted by molar-refractivity contribution is -0.0166. The zero-order valence-electron chi connectivity index (χ0n) is 15.3. The van der Waals surface area contributed by atoms with Gasteiger partial charge in [0.1, 0.15) is 0 Å². The van der Waals surface area contributed by atoms with Crippen molar-refractivity contribution in [2.45, 2.75) is 32.0 Å². The lowest BCUT2D eigenvalue weighted by Crippen LogP contribution is -2.53. The molecule has 0 N–H and O–H groups in total. The van der Waals surface area contributed by atoms with Crippen LogP contribution in [0.1, 0.15) is 28.1 Å². The van der Waals surface area contributed by atoms with Crippen molar-refractivity contribution < 1.29 is 13.9 Å². The number of ether oxygens (including phenoxy) is 1. The molecule has 6 heteroatoms. The van der Waals surface area contributed by atoms with Gasteiger partial charge in [-0.1, -0.05) is 6.07 Å². The highest BCUT2D eigenvalue weighted by molar-refractivity contribution is 5.93. The van der Waals surface area contributed by atoms with Crippen molar-refractivity contribution in [1.29, 1.82) is 0 Å². The molecule has 0 unspecified atom stereocenters. The Labute approximate surface area is 153 Å². The smallest absolute Gasteiger partial charge is 0.290 e. The molecular formula is C20H25N3O3. The summed E-state index contributed by atoms with van der Waals surface area (Å²) in [7, 11) is 1.78. The number of methoxy groups -OCH3 is 1. The van der Waals surface area contributed by atoms with Crippen LogP contribution < -0.4 is 0 Å². The van der Waals surface area contributed by atoms with Gasteiger partial charge >= 0.3 is 0 Å². The normalized spacial score (nSPS) is 26.1. The van der Waals surface area contributed by atoms with Gasteiger partial charge in [0.25, 0.3) is 5.91 Å². The van der Waals surface area contributed by atoms with Crippen LogP contribution in [0.3, 0.4) is 0 Å². The van der Waals surface area contributed by atoms with E-state index in [0.29, 0.717) is 18.2 Å². The van der Waals surface area contributed by atoms with Gasteiger partial charge < -0.3 is 14.1 Å². The van der Waals surface area contributed by atoms with E-state index in [9.17, 15) is 4.79 Å². The monoisotopic (exact) mass is 355 g/mol. The molecule has 138 valence electrons. The number of pyridine rings is 1. The predicted molar refractivity (Wildman–Crippen MR) is 96.7 cm³/mol. The van der Waals surface area contributed by atoms with Crippen LogP contribution in [0.4, 0.5) is 0 Å². The average molecular weight is 355 g/mol. The lowest BCUT2D eigenvalue weighted by Gasteiger charge is -2.40. The van der Waals surface area contributed by atoms with Crippen molar-refractivity contribution in [3.63, 3.8) is 0 Å². The Morgan fingerprint density at radius 1 is 1.38 bits per heavy atom. The van der Waals surface area contributed by atoms with E-state index >= 15 is 0 Å². The third kappa shape index (κ3) is 3.15. The first kappa shape index (κ1) is 17.2. The Morgan fingerprint density at radius 2 is 2.27 bits per heavy atom. The fourth-order valence-corrected chi connectivity index (χ4v) is 4.38. The number of hydrogen-bond acceptors (Lipinski definition) is 5. The number of piperidine rings is 1. The molecule has 6 nitrogen and oxygen atoms in total. The third-order valence-corrected chi connectivity index (χ3v) is 5.69. The molecule has 0 saturated carbocycles. The van der Waals surface area contributed by atoms with Gasteiger partial charge in [-0.25, -0.2) is 0 Å². The summed E-state index contributed by atoms with van der Waals surface area (Å²) in [5.41, 5.74) is 2.09. The zero-order chi connectivity index (χ0) is 18.1. The molecule has 2 aromatic heterocycles. The minimum atomic E-state index is 0.000260. The van der Waals surface area contributed by atoms with Crippen molar-refractivity contribution in [2.24, 2.45) is 5.92 Å². The van der Waals surface area contributed by atoms with Crippen LogP contribution in [0.2, 0.25) is 0 Å². The number of hydrogen-bond donors (Lipinski definition) is 0. The second-order valence-electron chi connectivity index (χ2n) is 7.28. The van der Waals surface area contributed by atoms with Crippen molar-refractivity contribution >= 4 is 5.91 Å². The Kier molecular flexibility index (Phi) is 4.78. The Morgan fingerprint density at radius 3 is 2.96 bits per heavy atom. The fourth-order valence-electron chi connectivity index (χ4n) is 4.38.